The first-order chi connectivity index (χ1) is 13.1. The van der Waals surface area contributed by atoms with Crippen molar-refractivity contribution in [3.63, 3.8) is 0 Å². The maximum Gasteiger partial charge on any atom is 0.286 e. The molecule has 8 heteroatoms. The monoisotopic (exact) mass is 410 g/mol. The van der Waals surface area contributed by atoms with Crippen molar-refractivity contribution in [1.29, 1.82) is 0 Å². The molecule has 0 aliphatic carbocycles. The summed E-state index contributed by atoms with van der Waals surface area (Å²) >= 11 is 6.07. The lowest BCUT2D eigenvalue weighted by molar-refractivity contribution is 0.0374. The number of hydrogen-bond acceptors (Lipinski definition) is 5. The second kappa shape index (κ2) is 10.0. The Hall–Kier alpha value is -1.67. The highest BCUT2D eigenvalue weighted by atomic mass is 35.5. The molecule has 0 saturated carbocycles. The number of furan rings is 1. The average Bonchev–Trinajstić information content (AvgIpc) is 3.15. The van der Waals surface area contributed by atoms with Crippen LogP contribution in [0, 0.1) is 0 Å². The number of rotatable bonds is 8. The van der Waals surface area contributed by atoms with E-state index in [0.29, 0.717) is 22.2 Å². The number of nitrogens with zero attached hydrogens (tertiary/aromatic N) is 1. The molecule has 0 unspecified atom stereocenters. The van der Waals surface area contributed by atoms with Crippen LogP contribution in [-0.4, -0.2) is 54.4 Å². The van der Waals surface area contributed by atoms with Crippen LogP contribution < -0.4 is 5.32 Å². The second-order valence-corrected chi connectivity index (χ2v) is 8.08. The number of hydrogen-bond donors (Lipinski definition) is 1. The third kappa shape index (κ3) is 5.90. The van der Waals surface area contributed by atoms with Gasteiger partial charge in [0.25, 0.3) is 5.91 Å². The van der Waals surface area contributed by atoms with Crippen LogP contribution in [0.4, 0.5) is 0 Å². The van der Waals surface area contributed by atoms with E-state index in [1.54, 1.807) is 36.4 Å². The van der Waals surface area contributed by atoms with Gasteiger partial charge in [-0.05, 0) is 37.2 Å². The number of benzene rings is 1. The van der Waals surface area contributed by atoms with Crippen molar-refractivity contribution < 1.29 is 18.2 Å². The van der Waals surface area contributed by atoms with Gasteiger partial charge in [0.15, 0.2) is 5.76 Å². The van der Waals surface area contributed by atoms with E-state index in [1.807, 2.05) is 0 Å². The van der Waals surface area contributed by atoms with Crippen LogP contribution in [0.2, 0.25) is 5.02 Å². The highest BCUT2D eigenvalue weighted by Crippen LogP contribution is 2.22. The molecular weight excluding hydrogens is 388 g/mol. The summed E-state index contributed by atoms with van der Waals surface area (Å²) in [5, 5.41) is 3.32. The SMILES string of the molecule is O=C(NCCCN1CCOCC1)c1ccc(C[S@](=O)c2ccccc2Cl)o1. The Bertz CT molecular complexity index is 790. The van der Waals surface area contributed by atoms with Gasteiger partial charge >= 0.3 is 0 Å². The summed E-state index contributed by atoms with van der Waals surface area (Å²) in [6.07, 6.45) is 0.871. The summed E-state index contributed by atoms with van der Waals surface area (Å²) in [7, 11) is -1.33. The maximum atomic E-state index is 12.4. The van der Waals surface area contributed by atoms with Gasteiger partial charge in [-0.2, -0.15) is 0 Å². The number of morpholine rings is 1. The molecule has 1 atom stereocenters. The van der Waals surface area contributed by atoms with E-state index in [4.69, 9.17) is 20.8 Å². The average molecular weight is 411 g/mol. The normalized spacial score (nSPS) is 16.2. The summed E-state index contributed by atoms with van der Waals surface area (Å²) in [6.45, 7) is 4.95. The third-order valence-electron chi connectivity index (χ3n) is 4.28. The Kier molecular flexibility index (Phi) is 7.46. The van der Waals surface area contributed by atoms with E-state index in [9.17, 15) is 9.00 Å². The Morgan fingerprint density at radius 3 is 2.74 bits per heavy atom. The molecule has 6 nitrogen and oxygen atoms in total. The molecule has 27 heavy (non-hydrogen) atoms. The maximum absolute atomic E-state index is 12.4. The number of carbonyl (C=O) groups excluding carboxylic acids is 1. The zero-order chi connectivity index (χ0) is 19.1. The molecule has 0 bridgehead atoms. The number of amides is 1. The Labute approximate surface area is 166 Å². The molecule has 1 aromatic heterocycles. The van der Waals surface area contributed by atoms with E-state index in [0.717, 1.165) is 39.3 Å². The number of carbonyl (C=O) groups is 1. The molecule has 1 aliphatic heterocycles. The Morgan fingerprint density at radius 1 is 1.19 bits per heavy atom. The number of nitrogens with one attached hydrogen (secondary N) is 1. The van der Waals surface area contributed by atoms with Gasteiger partial charge in [-0.25, -0.2) is 0 Å². The molecule has 1 saturated heterocycles. The fourth-order valence-electron chi connectivity index (χ4n) is 2.83. The standard InChI is InChI=1S/C19H23ClN2O4S/c20-16-4-1-2-5-18(16)27(24)14-15-6-7-17(26-15)19(23)21-8-3-9-22-10-12-25-13-11-22/h1-2,4-7H,3,8-14H2,(H,21,23)/t27-/m0/s1. The molecule has 2 heterocycles. The van der Waals surface area contributed by atoms with E-state index in [2.05, 4.69) is 10.2 Å². The van der Waals surface area contributed by atoms with Crippen LogP contribution >= 0.6 is 11.6 Å². The largest absolute Gasteiger partial charge is 0.455 e. The smallest absolute Gasteiger partial charge is 0.286 e. The molecule has 2 aromatic rings. The van der Waals surface area contributed by atoms with Crippen molar-refractivity contribution >= 4 is 28.3 Å². The van der Waals surface area contributed by atoms with Crippen LogP contribution in [0.5, 0.6) is 0 Å². The predicted molar refractivity (Wildman–Crippen MR) is 104 cm³/mol. The minimum Gasteiger partial charge on any atom is -0.455 e. The fraction of sp³-hybridized carbons (Fsp3) is 0.421. The minimum absolute atomic E-state index is 0.175. The molecular formula is C19H23ClN2O4S. The molecule has 1 fully saturated rings. The van der Waals surface area contributed by atoms with Crippen molar-refractivity contribution in [2.24, 2.45) is 0 Å². The van der Waals surface area contributed by atoms with Crippen molar-refractivity contribution in [2.75, 3.05) is 39.4 Å². The summed E-state index contributed by atoms with van der Waals surface area (Å²) in [6, 6.07) is 10.3. The Morgan fingerprint density at radius 2 is 1.96 bits per heavy atom. The van der Waals surface area contributed by atoms with Gasteiger partial charge in [0.2, 0.25) is 0 Å². The van der Waals surface area contributed by atoms with Crippen molar-refractivity contribution in [2.45, 2.75) is 17.1 Å². The molecule has 3 rings (SSSR count). The molecule has 1 aliphatic rings. The lowest BCUT2D eigenvalue weighted by Gasteiger charge is -2.26. The van der Waals surface area contributed by atoms with Crippen LogP contribution in [0.25, 0.3) is 0 Å². The van der Waals surface area contributed by atoms with Gasteiger partial charge < -0.3 is 14.5 Å². The van der Waals surface area contributed by atoms with Crippen LogP contribution in [0.3, 0.4) is 0 Å². The Balaban J connectivity index is 1.44. The predicted octanol–water partition coefficient (Wildman–Crippen LogP) is 2.69. The van der Waals surface area contributed by atoms with E-state index < -0.39 is 10.8 Å². The zero-order valence-electron chi connectivity index (χ0n) is 15.0. The van der Waals surface area contributed by atoms with Gasteiger partial charge in [-0.1, -0.05) is 23.7 Å². The van der Waals surface area contributed by atoms with Gasteiger partial charge in [0, 0.05) is 19.6 Å². The fourth-order valence-corrected chi connectivity index (χ4v) is 4.31. The molecule has 0 spiro atoms. The summed E-state index contributed by atoms with van der Waals surface area (Å²) in [5.74, 6) is 0.639. The second-order valence-electron chi connectivity index (χ2n) is 6.25. The van der Waals surface area contributed by atoms with Crippen molar-refractivity contribution in [1.82, 2.24) is 10.2 Å². The zero-order valence-corrected chi connectivity index (χ0v) is 16.6. The van der Waals surface area contributed by atoms with Gasteiger partial charge in [0.1, 0.15) is 5.76 Å². The van der Waals surface area contributed by atoms with Gasteiger partial charge in [-0.3, -0.25) is 13.9 Å². The molecule has 146 valence electrons. The first-order valence-corrected chi connectivity index (χ1v) is 10.6. The van der Waals surface area contributed by atoms with Crippen LogP contribution in [-0.2, 0) is 21.3 Å². The lowest BCUT2D eigenvalue weighted by Crippen LogP contribution is -2.38. The highest BCUT2D eigenvalue weighted by molar-refractivity contribution is 7.84. The molecule has 0 radical (unpaired) electrons. The third-order valence-corrected chi connectivity index (χ3v) is 6.12. The van der Waals surface area contributed by atoms with E-state index >= 15 is 0 Å². The topological polar surface area (TPSA) is 71.8 Å². The van der Waals surface area contributed by atoms with Gasteiger partial charge in [0.05, 0.1) is 39.7 Å². The van der Waals surface area contributed by atoms with Gasteiger partial charge in [-0.15, -0.1) is 0 Å². The minimum atomic E-state index is -1.33. The van der Waals surface area contributed by atoms with Crippen LogP contribution in [0.15, 0.2) is 45.7 Å². The summed E-state index contributed by atoms with van der Waals surface area (Å²) < 4.78 is 23.3. The first kappa shape index (κ1) is 20.1. The van der Waals surface area contributed by atoms with E-state index in [1.165, 1.54) is 0 Å². The molecule has 1 aromatic carbocycles. The molecule has 1 amide bonds. The van der Waals surface area contributed by atoms with E-state index in [-0.39, 0.29) is 17.4 Å². The summed E-state index contributed by atoms with van der Waals surface area (Å²) in [4.78, 5) is 15.1. The lowest BCUT2D eigenvalue weighted by atomic mass is 10.3. The highest BCUT2D eigenvalue weighted by Gasteiger charge is 2.15. The van der Waals surface area contributed by atoms with Crippen LogP contribution in [0.1, 0.15) is 22.7 Å². The van der Waals surface area contributed by atoms with Crippen molar-refractivity contribution in [3.8, 4) is 0 Å². The summed E-state index contributed by atoms with van der Waals surface area (Å²) in [5.41, 5.74) is 0. The molecule has 1 N–H and O–H groups in total. The first-order valence-electron chi connectivity index (χ1n) is 8.93. The number of ether oxygens (including phenoxy) is 1. The number of halogens is 1. The van der Waals surface area contributed by atoms with Crippen molar-refractivity contribution in [3.05, 3.63) is 52.9 Å². The quantitative estimate of drug-likeness (QED) is 0.677.